The number of hydrogen-bond donors (Lipinski definition) is 0. The second kappa shape index (κ2) is 5.45. The van der Waals surface area contributed by atoms with Gasteiger partial charge in [0.2, 0.25) is 0 Å². The fourth-order valence-electron chi connectivity index (χ4n) is 2.30. The third-order valence-electron chi connectivity index (χ3n) is 3.18. The SMILES string of the molecule is N#CCC1=C(C(=O)c2ccccc2)CCCC1. The first-order chi connectivity index (χ1) is 8.33. The molecule has 0 amide bonds. The van der Waals surface area contributed by atoms with Crippen LogP contribution in [0.3, 0.4) is 0 Å². The van der Waals surface area contributed by atoms with Crippen LogP contribution in [0.25, 0.3) is 0 Å². The maximum Gasteiger partial charge on any atom is 0.188 e. The number of carbonyl (C=O) groups is 1. The molecule has 2 heteroatoms. The van der Waals surface area contributed by atoms with Gasteiger partial charge in [-0.05, 0) is 31.3 Å². The minimum Gasteiger partial charge on any atom is -0.289 e. The van der Waals surface area contributed by atoms with E-state index < -0.39 is 0 Å². The Bertz CT molecular complexity index is 479. The highest BCUT2D eigenvalue weighted by Gasteiger charge is 2.19. The van der Waals surface area contributed by atoms with Crippen molar-refractivity contribution in [2.45, 2.75) is 32.1 Å². The van der Waals surface area contributed by atoms with Gasteiger partial charge in [-0.3, -0.25) is 4.79 Å². The monoisotopic (exact) mass is 225 g/mol. The number of rotatable bonds is 3. The molecule has 17 heavy (non-hydrogen) atoms. The lowest BCUT2D eigenvalue weighted by Crippen LogP contribution is -2.10. The van der Waals surface area contributed by atoms with Gasteiger partial charge in [0.15, 0.2) is 5.78 Å². The zero-order valence-corrected chi connectivity index (χ0v) is 9.78. The molecule has 0 aliphatic heterocycles. The Balaban J connectivity index is 2.31. The molecule has 0 N–H and O–H groups in total. The highest BCUT2D eigenvalue weighted by Crippen LogP contribution is 2.29. The summed E-state index contributed by atoms with van der Waals surface area (Å²) in [5, 5.41) is 8.79. The molecule has 0 spiro atoms. The molecule has 0 unspecified atom stereocenters. The fourth-order valence-corrected chi connectivity index (χ4v) is 2.30. The van der Waals surface area contributed by atoms with E-state index in [-0.39, 0.29) is 5.78 Å². The molecule has 0 aromatic heterocycles. The number of allylic oxidation sites excluding steroid dienone is 2. The summed E-state index contributed by atoms with van der Waals surface area (Å²) in [6.07, 6.45) is 4.28. The van der Waals surface area contributed by atoms with Crippen LogP contribution in [-0.2, 0) is 0 Å². The van der Waals surface area contributed by atoms with Gasteiger partial charge in [0.05, 0.1) is 12.5 Å². The van der Waals surface area contributed by atoms with Crippen LogP contribution in [-0.4, -0.2) is 5.78 Å². The van der Waals surface area contributed by atoms with Gasteiger partial charge in [-0.15, -0.1) is 0 Å². The zero-order chi connectivity index (χ0) is 12.1. The third-order valence-corrected chi connectivity index (χ3v) is 3.18. The molecule has 0 fully saturated rings. The van der Waals surface area contributed by atoms with Gasteiger partial charge in [-0.25, -0.2) is 0 Å². The zero-order valence-electron chi connectivity index (χ0n) is 9.78. The summed E-state index contributed by atoms with van der Waals surface area (Å²) in [5.41, 5.74) is 2.66. The number of ketones is 1. The van der Waals surface area contributed by atoms with Crippen LogP contribution in [0.4, 0.5) is 0 Å². The molecule has 0 saturated carbocycles. The van der Waals surface area contributed by atoms with E-state index in [9.17, 15) is 4.79 Å². The number of hydrogen-bond acceptors (Lipinski definition) is 2. The molecule has 1 aliphatic carbocycles. The quantitative estimate of drug-likeness (QED) is 0.737. The van der Waals surface area contributed by atoms with Crippen molar-refractivity contribution in [1.29, 1.82) is 5.26 Å². The molecule has 0 atom stereocenters. The Morgan fingerprint density at radius 2 is 1.88 bits per heavy atom. The number of Topliss-reactive ketones (excluding diaryl/α,β-unsaturated/α-hetero) is 1. The van der Waals surface area contributed by atoms with Crippen molar-refractivity contribution in [2.75, 3.05) is 0 Å². The minimum absolute atomic E-state index is 0.107. The predicted octanol–water partition coefficient (Wildman–Crippen LogP) is 3.65. The number of carbonyl (C=O) groups excluding carboxylic acids is 1. The first kappa shape index (κ1) is 11.6. The molecule has 0 radical (unpaired) electrons. The standard InChI is InChI=1S/C15H15NO/c16-11-10-12-6-4-5-9-14(12)15(17)13-7-2-1-3-8-13/h1-3,7-8H,4-6,9-10H2. The summed E-state index contributed by atoms with van der Waals surface area (Å²) in [5.74, 6) is 0.107. The summed E-state index contributed by atoms with van der Waals surface area (Å²) in [7, 11) is 0. The summed E-state index contributed by atoms with van der Waals surface area (Å²) < 4.78 is 0. The Hall–Kier alpha value is -1.88. The molecule has 1 aliphatic rings. The van der Waals surface area contributed by atoms with Crippen molar-refractivity contribution in [2.24, 2.45) is 0 Å². The van der Waals surface area contributed by atoms with Crippen molar-refractivity contribution in [3.05, 3.63) is 47.0 Å². The Labute approximate surface area is 102 Å². The minimum atomic E-state index is 0.107. The van der Waals surface area contributed by atoms with Gasteiger partial charge >= 0.3 is 0 Å². The smallest absolute Gasteiger partial charge is 0.188 e. The molecule has 0 heterocycles. The molecule has 2 nitrogen and oxygen atoms in total. The molecule has 0 bridgehead atoms. The lowest BCUT2D eigenvalue weighted by atomic mass is 9.86. The maximum absolute atomic E-state index is 12.3. The second-order valence-electron chi connectivity index (χ2n) is 4.32. The summed E-state index contributed by atoms with van der Waals surface area (Å²) in [4.78, 5) is 12.3. The largest absolute Gasteiger partial charge is 0.289 e. The van der Waals surface area contributed by atoms with E-state index in [0.29, 0.717) is 6.42 Å². The van der Waals surface area contributed by atoms with Crippen LogP contribution in [0.2, 0.25) is 0 Å². The number of nitriles is 1. The molecular weight excluding hydrogens is 210 g/mol. The van der Waals surface area contributed by atoms with Gasteiger partial charge in [0, 0.05) is 11.1 Å². The molecule has 1 aromatic carbocycles. The van der Waals surface area contributed by atoms with E-state index in [1.165, 1.54) is 0 Å². The lowest BCUT2D eigenvalue weighted by molar-refractivity contribution is 0.102. The van der Waals surface area contributed by atoms with Crippen LogP contribution in [0.5, 0.6) is 0 Å². The highest BCUT2D eigenvalue weighted by atomic mass is 16.1. The van der Waals surface area contributed by atoms with E-state index in [1.807, 2.05) is 30.3 Å². The van der Waals surface area contributed by atoms with Crippen LogP contribution < -0.4 is 0 Å². The van der Waals surface area contributed by atoms with E-state index >= 15 is 0 Å². The molecule has 86 valence electrons. The van der Waals surface area contributed by atoms with Crippen LogP contribution in [0.15, 0.2) is 41.5 Å². The van der Waals surface area contributed by atoms with Gasteiger partial charge in [0.1, 0.15) is 0 Å². The van der Waals surface area contributed by atoms with Crippen molar-refractivity contribution >= 4 is 5.78 Å². The van der Waals surface area contributed by atoms with E-state index in [0.717, 1.165) is 42.4 Å². The third kappa shape index (κ3) is 2.62. The molecule has 1 aromatic rings. The van der Waals surface area contributed by atoms with Crippen LogP contribution >= 0.6 is 0 Å². The van der Waals surface area contributed by atoms with E-state index in [4.69, 9.17) is 5.26 Å². The summed E-state index contributed by atoms with van der Waals surface area (Å²) in [6, 6.07) is 11.5. The molecule has 2 rings (SSSR count). The van der Waals surface area contributed by atoms with E-state index in [2.05, 4.69) is 6.07 Å². The van der Waals surface area contributed by atoms with Crippen molar-refractivity contribution in [3.63, 3.8) is 0 Å². The van der Waals surface area contributed by atoms with Gasteiger partial charge in [-0.2, -0.15) is 5.26 Å². The Morgan fingerprint density at radius 3 is 2.59 bits per heavy atom. The average Bonchev–Trinajstić information content (AvgIpc) is 2.40. The van der Waals surface area contributed by atoms with Crippen LogP contribution in [0.1, 0.15) is 42.5 Å². The fraction of sp³-hybridized carbons (Fsp3) is 0.333. The van der Waals surface area contributed by atoms with Crippen molar-refractivity contribution in [3.8, 4) is 6.07 Å². The molecular formula is C15H15NO. The Kier molecular flexibility index (Phi) is 3.72. The van der Waals surface area contributed by atoms with Crippen molar-refractivity contribution < 1.29 is 4.79 Å². The van der Waals surface area contributed by atoms with E-state index in [1.54, 1.807) is 0 Å². The summed E-state index contributed by atoms with van der Waals surface area (Å²) in [6.45, 7) is 0. The highest BCUT2D eigenvalue weighted by molar-refractivity contribution is 6.09. The van der Waals surface area contributed by atoms with Gasteiger partial charge in [-0.1, -0.05) is 30.3 Å². The maximum atomic E-state index is 12.3. The summed E-state index contributed by atoms with van der Waals surface area (Å²) >= 11 is 0. The lowest BCUT2D eigenvalue weighted by Gasteiger charge is -2.17. The number of nitrogens with zero attached hydrogens (tertiary/aromatic N) is 1. The second-order valence-corrected chi connectivity index (χ2v) is 4.32. The van der Waals surface area contributed by atoms with Gasteiger partial charge < -0.3 is 0 Å². The topological polar surface area (TPSA) is 40.9 Å². The van der Waals surface area contributed by atoms with Crippen LogP contribution in [0, 0.1) is 11.3 Å². The van der Waals surface area contributed by atoms with Crippen molar-refractivity contribution in [1.82, 2.24) is 0 Å². The average molecular weight is 225 g/mol. The molecule has 0 saturated heterocycles. The predicted molar refractivity (Wildman–Crippen MR) is 66.5 cm³/mol. The first-order valence-corrected chi connectivity index (χ1v) is 6.00. The van der Waals surface area contributed by atoms with Gasteiger partial charge in [0.25, 0.3) is 0 Å². The normalized spacial score (nSPS) is 15.5. The first-order valence-electron chi connectivity index (χ1n) is 6.00. The Morgan fingerprint density at radius 1 is 1.18 bits per heavy atom. The number of benzene rings is 1.